The number of carbonyl (C=O) groups is 1. The van der Waals surface area contributed by atoms with Crippen LogP contribution in [0, 0.1) is 5.92 Å². The van der Waals surface area contributed by atoms with E-state index in [0.717, 1.165) is 6.42 Å². The van der Waals surface area contributed by atoms with Gasteiger partial charge in [0.05, 0.1) is 17.3 Å². The van der Waals surface area contributed by atoms with Crippen LogP contribution in [-0.2, 0) is 4.79 Å². The number of hydrogen-bond donors (Lipinski definition) is 2. The molecule has 2 rings (SSSR count). The first-order valence-electron chi connectivity index (χ1n) is 7.04. The molecule has 0 radical (unpaired) electrons. The Kier molecular flexibility index (Phi) is 5.70. The second kappa shape index (κ2) is 7.30. The van der Waals surface area contributed by atoms with Gasteiger partial charge >= 0.3 is 0 Å². The number of rotatable bonds is 4. The lowest BCUT2D eigenvalue weighted by molar-refractivity contribution is -0.115. The maximum absolute atomic E-state index is 11.9. The van der Waals surface area contributed by atoms with Crippen LogP contribution in [0.25, 0.3) is 0 Å². The fourth-order valence-electron chi connectivity index (χ4n) is 2.63. The van der Waals surface area contributed by atoms with Crippen molar-refractivity contribution in [3.05, 3.63) is 28.2 Å². The van der Waals surface area contributed by atoms with Crippen molar-refractivity contribution in [1.29, 1.82) is 0 Å². The zero-order valence-electron chi connectivity index (χ0n) is 11.6. The molecule has 1 amide bonds. The van der Waals surface area contributed by atoms with E-state index in [1.807, 2.05) is 0 Å². The standard InChI is InChI=1S/C15H20Cl2N2O/c1-10-4-2-3-5-13(10)18-9-15(20)19-14-8-11(16)6-7-12(14)17/h6-8,10,13,18H,2-5,9H2,1H3,(H,19,20). The Balaban J connectivity index is 1.84. The molecule has 1 aliphatic rings. The highest BCUT2D eigenvalue weighted by Gasteiger charge is 2.21. The summed E-state index contributed by atoms with van der Waals surface area (Å²) < 4.78 is 0. The Labute approximate surface area is 130 Å². The van der Waals surface area contributed by atoms with Gasteiger partial charge in [-0.3, -0.25) is 4.79 Å². The molecule has 0 heterocycles. The molecule has 3 nitrogen and oxygen atoms in total. The van der Waals surface area contributed by atoms with Crippen LogP contribution in [0.2, 0.25) is 10.0 Å². The summed E-state index contributed by atoms with van der Waals surface area (Å²) in [5.74, 6) is 0.540. The van der Waals surface area contributed by atoms with E-state index in [1.54, 1.807) is 18.2 Å². The van der Waals surface area contributed by atoms with Gasteiger partial charge < -0.3 is 10.6 Å². The van der Waals surface area contributed by atoms with Crippen molar-refractivity contribution < 1.29 is 4.79 Å². The molecule has 20 heavy (non-hydrogen) atoms. The van der Waals surface area contributed by atoms with E-state index in [4.69, 9.17) is 23.2 Å². The summed E-state index contributed by atoms with van der Waals surface area (Å²) in [5, 5.41) is 7.17. The SMILES string of the molecule is CC1CCCCC1NCC(=O)Nc1cc(Cl)ccc1Cl. The second-order valence-corrected chi connectivity index (χ2v) is 6.27. The van der Waals surface area contributed by atoms with Gasteiger partial charge in [-0.1, -0.05) is 43.0 Å². The van der Waals surface area contributed by atoms with Crippen LogP contribution in [0.3, 0.4) is 0 Å². The molecule has 1 aliphatic carbocycles. The number of hydrogen-bond acceptors (Lipinski definition) is 2. The van der Waals surface area contributed by atoms with Crippen LogP contribution in [-0.4, -0.2) is 18.5 Å². The number of carbonyl (C=O) groups excluding carboxylic acids is 1. The van der Waals surface area contributed by atoms with Crippen molar-refractivity contribution in [2.45, 2.75) is 38.6 Å². The molecule has 0 saturated heterocycles. The Morgan fingerprint density at radius 1 is 1.30 bits per heavy atom. The van der Waals surface area contributed by atoms with Gasteiger partial charge in [0.25, 0.3) is 0 Å². The monoisotopic (exact) mass is 314 g/mol. The van der Waals surface area contributed by atoms with Gasteiger partial charge in [0, 0.05) is 11.1 Å². The molecule has 110 valence electrons. The average molecular weight is 315 g/mol. The molecule has 0 aromatic heterocycles. The van der Waals surface area contributed by atoms with Crippen molar-refractivity contribution >= 4 is 34.8 Å². The predicted octanol–water partition coefficient (Wildman–Crippen LogP) is 4.10. The summed E-state index contributed by atoms with van der Waals surface area (Å²) in [5.41, 5.74) is 0.558. The summed E-state index contributed by atoms with van der Waals surface area (Å²) in [6.07, 6.45) is 4.92. The number of anilines is 1. The van der Waals surface area contributed by atoms with E-state index in [1.165, 1.54) is 19.3 Å². The second-order valence-electron chi connectivity index (χ2n) is 5.42. The van der Waals surface area contributed by atoms with E-state index < -0.39 is 0 Å². The Morgan fingerprint density at radius 3 is 2.80 bits per heavy atom. The highest BCUT2D eigenvalue weighted by molar-refractivity contribution is 6.35. The molecule has 0 aliphatic heterocycles. The zero-order chi connectivity index (χ0) is 14.5. The van der Waals surface area contributed by atoms with Gasteiger partial charge in [0.2, 0.25) is 5.91 Å². The molecular formula is C15H20Cl2N2O. The Bertz CT molecular complexity index is 479. The fraction of sp³-hybridized carbons (Fsp3) is 0.533. The molecule has 1 aromatic rings. The Morgan fingerprint density at radius 2 is 2.05 bits per heavy atom. The molecule has 2 atom stereocenters. The van der Waals surface area contributed by atoms with E-state index in [-0.39, 0.29) is 5.91 Å². The fourth-order valence-corrected chi connectivity index (χ4v) is 2.97. The lowest BCUT2D eigenvalue weighted by Crippen LogP contribution is -2.41. The van der Waals surface area contributed by atoms with E-state index >= 15 is 0 Å². The van der Waals surface area contributed by atoms with Gasteiger partial charge in [-0.25, -0.2) is 0 Å². The molecule has 2 N–H and O–H groups in total. The van der Waals surface area contributed by atoms with Crippen molar-refractivity contribution in [2.24, 2.45) is 5.92 Å². The topological polar surface area (TPSA) is 41.1 Å². The van der Waals surface area contributed by atoms with Crippen LogP contribution >= 0.6 is 23.2 Å². The first-order chi connectivity index (χ1) is 9.56. The smallest absolute Gasteiger partial charge is 0.238 e. The van der Waals surface area contributed by atoms with Crippen molar-refractivity contribution in [3.63, 3.8) is 0 Å². The molecule has 1 fully saturated rings. The molecule has 0 spiro atoms. The number of amides is 1. The minimum atomic E-state index is -0.0908. The third-order valence-electron chi connectivity index (χ3n) is 3.84. The third-order valence-corrected chi connectivity index (χ3v) is 4.40. The molecule has 0 bridgehead atoms. The van der Waals surface area contributed by atoms with Crippen LogP contribution in [0.15, 0.2) is 18.2 Å². The zero-order valence-corrected chi connectivity index (χ0v) is 13.1. The highest BCUT2D eigenvalue weighted by atomic mass is 35.5. The summed E-state index contributed by atoms with van der Waals surface area (Å²) in [4.78, 5) is 11.9. The minimum absolute atomic E-state index is 0.0908. The minimum Gasteiger partial charge on any atom is -0.324 e. The lowest BCUT2D eigenvalue weighted by Gasteiger charge is -2.29. The van der Waals surface area contributed by atoms with Gasteiger partial charge in [-0.2, -0.15) is 0 Å². The largest absolute Gasteiger partial charge is 0.324 e. The first-order valence-corrected chi connectivity index (χ1v) is 7.80. The van der Waals surface area contributed by atoms with E-state index in [9.17, 15) is 4.79 Å². The lowest BCUT2D eigenvalue weighted by atomic mass is 9.86. The summed E-state index contributed by atoms with van der Waals surface area (Å²) in [6.45, 7) is 2.54. The number of nitrogens with one attached hydrogen (secondary N) is 2. The van der Waals surface area contributed by atoms with Crippen LogP contribution in [0.4, 0.5) is 5.69 Å². The molecule has 2 unspecified atom stereocenters. The van der Waals surface area contributed by atoms with Crippen molar-refractivity contribution in [1.82, 2.24) is 5.32 Å². The quantitative estimate of drug-likeness (QED) is 0.878. The van der Waals surface area contributed by atoms with Crippen LogP contribution < -0.4 is 10.6 Å². The number of halogens is 2. The van der Waals surface area contributed by atoms with Crippen LogP contribution in [0.5, 0.6) is 0 Å². The normalized spacial score (nSPS) is 22.6. The van der Waals surface area contributed by atoms with Gasteiger partial charge in [-0.05, 0) is 37.0 Å². The van der Waals surface area contributed by atoms with Crippen molar-refractivity contribution in [2.75, 3.05) is 11.9 Å². The van der Waals surface area contributed by atoms with Crippen LogP contribution in [0.1, 0.15) is 32.6 Å². The molecule has 1 aromatic carbocycles. The summed E-state index contributed by atoms with van der Waals surface area (Å²) in [7, 11) is 0. The van der Waals surface area contributed by atoms with E-state index in [2.05, 4.69) is 17.6 Å². The third kappa shape index (κ3) is 4.37. The maximum Gasteiger partial charge on any atom is 0.238 e. The first kappa shape index (κ1) is 15.6. The maximum atomic E-state index is 11.9. The molecule has 5 heteroatoms. The van der Waals surface area contributed by atoms with Gasteiger partial charge in [0.15, 0.2) is 0 Å². The number of benzene rings is 1. The summed E-state index contributed by atoms with van der Waals surface area (Å²) >= 11 is 11.9. The average Bonchev–Trinajstić information content (AvgIpc) is 2.42. The van der Waals surface area contributed by atoms with Crippen molar-refractivity contribution in [3.8, 4) is 0 Å². The molecule has 1 saturated carbocycles. The molecular weight excluding hydrogens is 295 g/mol. The van der Waals surface area contributed by atoms with Gasteiger partial charge in [0.1, 0.15) is 0 Å². The highest BCUT2D eigenvalue weighted by Crippen LogP contribution is 2.26. The Hall–Kier alpha value is -0.770. The van der Waals surface area contributed by atoms with E-state index in [0.29, 0.717) is 34.2 Å². The van der Waals surface area contributed by atoms with Gasteiger partial charge in [-0.15, -0.1) is 0 Å². The summed E-state index contributed by atoms with van der Waals surface area (Å²) in [6, 6.07) is 5.46. The predicted molar refractivity (Wildman–Crippen MR) is 84.5 cm³/mol.